The predicted octanol–water partition coefficient (Wildman–Crippen LogP) is 5.35. The fraction of sp³-hybridized carbons (Fsp3) is 0.947. The minimum absolute atomic E-state index is 0. The number of nitrogens with two attached hydrogens (primary N) is 1. The molecular formula is C19H41ClN2O. The monoisotopic (exact) mass is 348 g/mol. The maximum absolute atomic E-state index is 11.5. The summed E-state index contributed by atoms with van der Waals surface area (Å²) in [6.45, 7) is 3.65. The Morgan fingerprint density at radius 3 is 1.61 bits per heavy atom. The summed E-state index contributed by atoms with van der Waals surface area (Å²) in [5.41, 5.74) is 5.39. The number of carbonyl (C=O) groups excluding carboxylic acids is 1. The minimum Gasteiger partial charge on any atom is -0.356 e. The number of halogens is 1. The molecule has 0 heterocycles. The van der Waals surface area contributed by atoms with Crippen LogP contribution in [0.25, 0.3) is 0 Å². The van der Waals surface area contributed by atoms with Gasteiger partial charge < -0.3 is 11.1 Å². The lowest BCUT2D eigenvalue weighted by atomic mass is 10.0. The topological polar surface area (TPSA) is 55.1 Å². The number of carbonyl (C=O) groups is 1. The number of rotatable bonds is 17. The van der Waals surface area contributed by atoms with Gasteiger partial charge in [-0.2, -0.15) is 0 Å². The van der Waals surface area contributed by atoms with Crippen molar-refractivity contribution < 1.29 is 4.79 Å². The molecule has 0 aliphatic heterocycles. The second kappa shape index (κ2) is 21.7. The van der Waals surface area contributed by atoms with E-state index in [0.717, 1.165) is 19.4 Å². The molecule has 0 spiro atoms. The third-order valence-electron chi connectivity index (χ3n) is 4.21. The summed E-state index contributed by atoms with van der Waals surface area (Å²) in [5, 5.41) is 2.91. The van der Waals surface area contributed by atoms with Gasteiger partial charge in [-0.3, -0.25) is 4.79 Å². The summed E-state index contributed by atoms with van der Waals surface area (Å²) < 4.78 is 0. The molecule has 23 heavy (non-hydrogen) atoms. The van der Waals surface area contributed by atoms with Crippen LogP contribution in [-0.4, -0.2) is 19.0 Å². The van der Waals surface area contributed by atoms with Crippen molar-refractivity contribution in [1.29, 1.82) is 0 Å². The maximum atomic E-state index is 11.5. The van der Waals surface area contributed by atoms with Crippen molar-refractivity contribution in [2.24, 2.45) is 5.73 Å². The largest absolute Gasteiger partial charge is 0.356 e. The average molecular weight is 349 g/mol. The highest BCUT2D eigenvalue weighted by Gasteiger charge is 1.99. The molecule has 4 heteroatoms. The zero-order valence-electron chi connectivity index (χ0n) is 15.4. The first kappa shape index (κ1) is 25.0. The Morgan fingerprint density at radius 1 is 0.739 bits per heavy atom. The maximum Gasteiger partial charge on any atom is 0.219 e. The predicted molar refractivity (Wildman–Crippen MR) is 104 cm³/mol. The van der Waals surface area contributed by atoms with Gasteiger partial charge in [0, 0.05) is 13.0 Å². The van der Waals surface area contributed by atoms with Gasteiger partial charge in [0.2, 0.25) is 5.91 Å². The molecule has 0 saturated heterocycles. The number of hydrogen-bond donors (Lipinski definition) is 2. The summed E-state index contributed by atoms with van der Waals surface area (Å²) >= 11 is 0. The summed E-state index contributed by atoms with van der Waals surface area (Å²) in [5.74, 6) is 0.191. The van der Waals surface area contributed by atoms with Crippen LogP contribution in [0.2, 0.25) is 0 Å². The van der Waals surface area contributed by atoms with Crippen LogP contribution in [-0.2, 0) is 4.79 Å². The molecule has 0 aliphatic rings. The van der Waals surface area contributed by atoms with Crippen molar-refractivity contribution in [3.63, 3.8) is 0 Å². The van der Waals surface area contributed by atoms with E-state index in [1.54, 1.807) is 0 Å². The molecule has 3 N–H and O–H groups in total. The van der Waals surface area contributed by atoms with E-state index in [1.165, 1.54) is 77.0 Å². The van der Waals surface area contributed by atoms with Crippen LogP contribution in [0.5, 0.6) is 0 Å². The Bertz CT molecular complexity index is 237. The van der Waals surface area contributed by atoms with E-state index < -0.39 is 0 Å². The molecule has 140 valence electrons. The van der Waals surface area contributed by atoms with E-state index in [-0.39, 0.29) is 18.3 Å². The molecule has 0 aliphatic carbocycles. The lowest BCUT2D eigenvalue weighted by Crippen LogP contribution is -2.25. The van der Waals surface area contributed by atoms with Crippen molar-refractivity contribution in [2.45, 2.75) is 103 Å². The fourth-order valence-corrected chi connectivity index (χ4v) is 2.72. The van der Waals surface area contributed by atoms with Gasteiger partial charge in [0.05, 0.1) is 0 Å². The van der Waals surface area contributed by atoms with Crippen molar-refractivity contribution in [3.05, 3.63) is 0 Å². The Balaban J connectivity index is 0. The number of amides is 1. The molecule has 1 amide bonds. The molecule has 0 atom stereocenters. The molecule has 0 bridgehead atoms. The third kappa shape index (κ3) is 21.7. The van der Waals surface area contributed by atoms with Gasteiger partial charge in [0.15, 0.2) is 0 Å². The van der Waals surface area contributed by atoms with Gasteiger partial charge in [-0.25, -0.2) is 0 Å². The summed E-state index contributed by atoms with van der Waals surface area (Å²) in [4.78, 5) is 11.5. The Hall–Kier alpha value is -0.280. The first-order valence-corrected chi connectivity index (χ1v) is 9.78. The van der Waals surface area contributed by atoms with Gasteiger partial charge >= 0.3 is 0 Å². The molecule has 3 nitrogen and oxygen atoms in total. The Labute approximate surface area is 151 Å². The van der Waals surface area contributed by atoms with E-state index in [1.807, 2.05) is 0 Å². The number of hydrogen-bond acceptors (Lipinski definition) is 2. The zero-order chi connectivity index (χ0) is 16.3. The van der Waals surface area contributed by atoms with Gasteiger partial charge in [-0.15, -0.1) is 12.4 Å². The standard InChI is InChI=1S/C19H40N2O.ClH/c1-2-3-4-5-6-7-8-9-10-11-12-13-14-16-19(22)21-18-15-17-20;/h2-18,20H2,1H3,(H,21,22);1H. The lowest BCUT2D eigenvalue weighted by molar-refractivity contribution is -0.121. The fourth-order valence-electron chi connectivity index (χ4n) is 2.72. The second-order valence-corrected chi connectivity index (χ2v) is 6.48. The van der Waals surface area contributed by atoms with Crippen LogP contribution >= 0.6 is 12.4 Å². The van der Waals surface area contributed by atoms with Crippen LogP contribution in [0, 0.1) is 0 Å². The van der Waals surface area contributed by atoms with Gasteiger partial charge in [-0.1, -0.05) is 84.0 Å². The molecular weight excluding hydrogens is 308 g/mol. The molecule has 0 fully saturated rings. The zero-order valence-corrected chi connectivity index (χ0v) is 16.2. The van der Waals surface area contributed by atoms with Crippen LogP contribution in [0.1, 0.15) is 103 Å². The molecule has 0 aromatic carbocycles. The van der Waals surface area contributed by atoms with Gasteiger partial charge in [0.25, 0.3) is 0 Å². The highest BCUT2D eigenvalue weighted by Crippen LogP contribution is 2.12. The van der Waals surface area contributed by atoms with E-state index in [0.29, 0.717) is 13.0 Å². The van der Waals surface area contributed by atoms with Crippen molar-refractivity contribution in [1.82, 2.24) is 5.32 Å². The van der Waals surface area contributed by atoms with Crippen LogP contribution < -0.4 is 11.1 Å². The highest BCUT2D eigenvalue weighted by molar-refractivity contribution is 5.85. The Morgan fingerprint density at radius 2 is 1.17 bits per heavy atom. The van der Waals surface area contributed by atoms with E-state index in [4.69, 9.17) is 5.73 Å². The molecule has 0 radical (unpaired) electrons. The van der Waals surface area contributed by atoms with E-state index in [2.05, 4.69) is 12.2 Å². The second-order valence-electron chi connectivity index (χ2n) is 6.48. The normalized spacial score (nSPS) is 10.3. The van der Waals surface area contributed by atoms with E-state index >= 15 is 0 Å². The Kier molecular flexibility index (Phi) is 23.6. The number of nitrogens with one attached hydrogen (secondary N) is 1. The smallest absolute Gasteiger partial charge is 0.219 e. The molecule has 0 rings (SSSR count). The molecule has 0 aromatic heterocycles. The van der Waals surface area contributed by atoms with Crippen molar-refractivity contribution in [2.75, 3.05) is 13.1 Å². The summed E-state index contributed by atoms with van der Waals surface area (Å²) in [6, 6.07) is 0. The SMILES string of the molecule is CCCCCCCCCCCCCCCC(=O)NCCCN.Cl. The average Bonchev–Trinajstić information content (AvgIpc) is 2.52. The van der Waals surface area contributed by atoms with E-state index in [9.17, 15) is 4.79 Å². The van der Waals surface area contributed by atoms with Crippen molar-refractivity contribution >= 4 is 18.3 Å². The first-order chi connectivity index (χ1) is 10.8. The third-order valence-corrected chi connectivity index (χ3v) is 4.21. The van der Waals surface area contributed by atoms with Crippen LogP contribution in [0.15, 0.2) is 0 Å². The summed E-state index contributed by atoms with van der Waals surface area (Å²) in [6.07, 6.45) is 19.1. The number of unbranched alkanes of at least 4 members (excludes halogenated alkanes) is 12. The van der Waals surface area contributed by atoms with Crippen LogP contribution in [0.3, 0.4) is 0 Å². The minimum atomic E-state index is 0. The first-order valence-electron chi connectivity index (χ1n) is 9.78. The van der Waals surface area contributed by atoms with Crippen LogP contribution in [0.4, 0.5) is 0 Å². The molecule has 0 saturated carbocycles. The van der Waals surface area contributed by atoms with Gasteiger partial charge in [0.1, 0.15) is 0 Å². The molecule has 0 unspecified atom stereocenters. The quantitative estimate of drug-likeness (QED) is 0.348. The van der Waals surface area contributed by atoms with Crippen molar-refractivity contribution in [3.8, 4) is 0 Å². The van der Waals surface area contributed by atoms with Gasteiger partial charge in [-0.05, 0) is 19.4 Å². The molecule has 0 aromatic rings. The summed E-state index contributed by atoms with van der Waals surface area (Å²) in [7, 11) is 0. The lowest BCUT2D eigenvalue weighted by Gasteiger charge is -2.04. The highest BCUT2D eigenvalue weighted by atomic mass is 35.5.